The maximum Gasteiger partial charge on any atom is 0.416 e. The Hall–Kier alpha value is -3.15. The fraction of sp³-hybridized carbons (Fsp3) is 0.174. The standard InChI is InChI=1S/C23H17F4NO/c24-22(18-12-7-13-19(14-18)23(25,26)27)20(17-10-5-2-6-11-17)28(21(22)29)15-16-8-3-1-4-9-16/h1-14,20H,15H2/t20-,22+/m0/s1. The van der Waals surface area contributed by atoms with Crippen LogP contribution in [0.1, 0.15) is 28.3 Å². The van der Waals surface area contributed by atoms with Gasteiger partial charge in [0.25, 0.3) is 5.91 Å². The average molecular weight is 399 g/mol. The number of halogens is 4. The molecule has 1 aliphatic rings. The van der Waals surface area contributed by atoms with Crippen molar-refractivity contribution in [3.05, 3.63) is 107 Å². The average Bonchev–Trinajstić information content (AvgIpc) is 2.74. The van der Waals surface area contributed by atoms with Gasteiger partial charge in [-0.1, -0.05) is 72.8 Å². The molecule has 0 unspecified atom stereocenters. The Morgan fingerprint density at radius 2 is 1.48 bits per heavy atom. The Morgan fingerprint density at radius 1 is 0.862 bits per heavy atom. The lowest BCUT2D eigenvalue weighted by Gasteiger charge is -2.51. The molecule has 1 amide bonds. The molecule has 29 heavy (non-hydrogen) atoms. The van der Waals surface area contributed by atoms with Crippen LogP contribution in [0.3, 0.4) is 0 Å². The molecule has 0 radical (unpaired) electrons. The van der Waals surface area contributed by atoms with Crippen molar-refractivity contribution in [3.63, 3.8) is 0 Å². The van der Waals surface area contributed by atoms with Crippen LogP contribution in [0.25, 0.3) is 0 Å². The minimum Gasteiger partial charge on any atom is -0.324 e. The third-order valence-corrected chi connectivity index (χ3v) is 5.18. The molecule has 3 aromatic rings. The van der Waals surface area contributed by atoms with Gasteiger partial charge < -0.3 is 4.90 Å². The van der Waals surface area contributed by atoms with Gasteiger partial charge in [0.1, 0.15) is 6.04 Å². The summed E-state index contributed by atoms with van der Waals surface area (Å²) >= 11 is 0. The molecule has 0 aliphatic carbocycles. The van der Waals surface area contributed by atoms with Crippen LogP contribution < -0.4 is 0 Å². The predicted octanol–water partition coefficient (Wildman–Crippen LogP) is 5.65. The summed E-state index contributed by atoms with van der Waals surface area (Å²) in [6, 6.07) is 20.6. The minimum absolute atomic E-state index is 0.171. The first-order valence-electron chi connectivity index (χ1n) is 9.08. The van der Waals surface area contributed by atoms with E-state index in [4.69, 9.17) is 0 Å². The van der Waals surface area contributed by atoms with Gasteiger partial charge >= 0.3 is 6.18 Å². The number of rotatable bonds is 4. The molecule has 0 aromatic heterocycles. The molecule has 4 rings (SSSR count). The van der Waals surface area contributed by atoms with E-state index >= 15 is 4.39 Å². The van der Waals surface area contributed by atoms with E-state index in [0.717, 1.165) is 23.8 Å². The van der Waals surface area contributed by atoms with Crippen LogP contribution in [0.4, 0.5) is 17.6 Å². The summed E-state index contributed by atoms with van der Waals surface area (Å²) in [5.41, 5.74) is -2.48. The molecule has 3 aromatic carbocycles. The summed E-state index contributed by atoms with van der Waals surface area (Å²) in [5.74, 6) is -0.838. The molecular formula is C23H17F4NO. The maximum absolute atomic E-state index is 16.1. The van der Waals surface area contributed by atoms with Crippen LogP contribution in [0.2, 0.25) is 0 Å². The lowest BCUT2D eigenvalue weighted by atomic mass is 9.74. The van der Waals surface area contributed by atoms with Gasteiger partial charge in [-0.3, -0.25) is 4.79 Å². The van der Waals surface area contributed by atoms with Crippen molar-refractivity contribution < 1.29 is 22.4 Å². The number of hydrogen-bond donors (Lipinski definition) is 0. The van der Waals surface area contributed by atoms with Gasteiger partial charge in [-0.15, -0.1) is 0 Å². The molecule has 1 aliphatic heterocycles. The van der Waals surface area contributed by atoms with Gasteiger partial charge in [0, 0.05) is 12.1 Å². The molecule has 148 valence electrons. The number of nitrogens with zero attached hydrogens (tertiary/aromatic N) is 1. The first-order valence-corrected chi connectivity index (χ1v) is 9.08. The van der Waals surface area contributed by atoms with Gasteiger partial charge in [-0.2, -0.15) is 13.2 Å². The molecule has 2 nitrogen and oxygen atoms in total. The van der Waals surface area contributed by atoms with Crippen molar-refractivity contribution in [2.24, 2.45) is 0 Å². The Kier molecular flexibility index (Phi) is 4.65. The van der Waals surface area contributed by atoms with Gasteiger partial charge in [0.05, 0.1) is 5.56 Å². The second-order valence-electron chi connectivity index (χ2n) is 7.02. The topological polar surface area (TPSA) is 20.3 Å². The zero-order valence-electron chi connectivity index (χ0n) is 15.2. The van der Waals surface area contributed by atoms with E-state index in [1.54, 1.807) is 30.3 Å². The van der Waals surface area contributed by atoms with Crippen molar-refractivity contribution in [1.82, 2.24) is 4.90 Å². The van der Waals surface area contributed by atoms with E-state index in [1.165, 1.54) is 11.0 Å². The molecule has 2 atom stereocenters. The highest BCUT2D eigenvalue weighted by Crippen LogP contribution is 2.54. The van der Waals surface area contributed by atoms with Crippen molar-refractivity contribution in [2.75, 3.05) is 0 Å². The largest absolute Gasteiger partial charge is 0.416 e. The highest BCUT2D eigenvalue weighted by Gasteiger charge is 2.63. The number of β-lactam (4-membered cyclic amide) rings is 1. The van der Waals surface area contributed by atoms with Gasteiger partial charge in [-0.25, -0.2) is 4.39 Å². The minimum atomic E-state index is -4.62. The summed E-state index contributed by atoms with van der Waals surface area (Å²) in [6.07, 6.45) is -4.62. The summed E-state index contributed by atoms with van der Waals surface area (Å²) in [5, 5.41) is 0. The van der Waals surface area contributed by atoms with Crippen LogP contribution >= 0.6 is 0 Å². The Bertz CT molecular complexity index is 1020. The van der Waals surface area contributed by atoms with E-state index in [-0.39, 0.29) is 12.1 Å². The highest BCUT2D eigenvalue weighted by molar-refractivity contribution is 5.94. The lowest BCUT2D eigenvalue weighted by Crippen LogP contribution is -2.63. The summed E-state index contributed by atoms with van der Waals surface area (Å²) in [4.78, 5) is 14.3. The van der Waals surface area contributed by atoms with E-state index in [2.05, 4.69) is 0 Å². The quantitative estimate of drug-likeness (QED) is 0.410. The smallest absolute Gasteiger partial charge is 0.324 e. The third-order valence-electron chi connectivity index (χ3n) is 5.18. The van der Waals surface area contributed by atoms with Crippen LogP contribution in [-0.2, 0) is 23.2 Å². The summed E-state index contributed by atoms with van der Waals surface area (Å²) < 4.78 is 55.6. The van der Waals surface area contributed by atoms with Gasteiger partial charge in [0.2, 0.25) is 5.67 Å². The van der Waals surface area contributed by atoms with Gasteiger partial charge in [-0.05, 0) is 23.3 Å². The van der Waals surface area contributed by atoms with E-state index in [0.29, 0.717) is 5.56 Å². The first-order chi connectivity index (χ1) is 13.8. The fourth-order valence-electron chi connectivity index (χ4n) is 3.78. The lowest BCUT2D eigenvalue weighted by molar-refractivity contribution is -0.181. The van der Waals surface area contributed by atoms with Crippen LogP contribution in [0.15, 0.2) is 84.9 Å². The van der Waals surface area contributed by atoms with Crippen molar-refractivity contribution >= 4 is 5.91 Å². The van der Waals surface area contributed by atoms with Crippen LogP contribution in [-0.4, -0.2) is 10.8 Å². The maximum atomic E-state index is 16.1. The number of alkyl halides is 4. The number of carbonyl (C=O) groups excluding carboxylic acids is 1. The number of hydrogen-bond acceptors (Lipinski definition) is 1. The van der Waals surface area contributed by atoms with E-state index in [9.17, 15) is 18.0 Å². The Labute approximate surface area is 165 Å². The molecule has 1 saturated heterocycles. The molecular weight excluding hydrogens is 382 g/mol. The molecule has 6 heteroatoms. The Balaban J connectivity index is 1.77. The SMILES string of the molecule is O=C1N(Cc2ccccc2)[C@@H](c2ccccc2)[C@]1(F)c1cccc(C(F)(F)F)c1. The number of benzene rings is 3. The van der Waals surface area contributed by atoms with Crippen LogP contribution in [0, 0.1) is 0 Å². The Morgan fingerprint density at radius 3 is 2.10 bits per heavy atom. The molecule has 0 spiro atoms. The number of likely N-dealkylation sites (tertiary alicyclic amines) is 1. The van der Waals surface area contributed by atoms with Gasteiger partial charge in [0.15, 0.2) is 0 Å². The molecule has 1 fully saturated rings. The summed E-state index contributed by atoms with van der Waals surface area (Å²) in [6.45, 7) is 0.171. The van der Waals surface area contributed by atoms with Crippen molar-refractivity contribution in [3.8, 4) is 0 Å². The molecule has 0 saturated carbocycles. The molecule has 1 heterocycles. The third kappa shape index (κ3) is 3.28. The zero-order valence-corrected chi connectivity index (χ0v) is 15.2. The molecule has 0 N–H and O–H groups in total. The highest BCUT2D eigenvalue weighted by atomic mass is 19.4. The molecule has 0 bridgehead atoms. The second kappa shape index (κ2) is 7.03. The zero-order chi connectivity index (χ0) is 20.6. The van der Waals surface area contributed by atoms with E-state index < -0.39 is 29.4 Å². The fourth-order valence-corrected chi connectivity index (χ4v) is 3.78. The normalized spacial score (nSPS) is 21.7. The second-order valence-corrected chi connectivity index (χ2v) is 7.02. The number of amides is 1. The van der Waals surface area contributed by atoms with Crippen molar-refractivity contribution in [1.29, 1.82) is 0 Å². The number of carbonyl (C=O) groups is 1. The summed E-state index contributed by atoms with van der Waals surface area (Å²) in [7, 11) is 0. The predicted molar refractivity (Wildman–Crippen MR) is 100 cm³/mol. The van der Waals surface area contributed by atoms with Crippen LogP contribution in [0.5, 0.6) is 0 Å². The monoisotopic (exact) mass is 399 g/mol. The first kappa shape index (κ1) is 19.2. The van der Waals surface area contributed by atoms with Crippen molar-refractivity contribution in [2.45, 2.75) is 24.4 Å². The van der Waals surface area contributed by atoms with E-state index in [1.807, 2.05) is 30.3 Å².